The summed E-state index contributed by atoms with van der Waals surface area (Å²) in [5.41, 5.74) is 5.19. The second kappa shape index (κ2) is 7.68. The average molecular weight is 331 g/mol. The second-order valence-corrected chi connectivity index (χ2v) is 6.86. The van der Waals surface area contributed by atoms with E-state index in [1.165, 1.54) is 30.3 Å². The molecular weight excluding hydrogens is 311 g/mol. The zero-order valence-corrected chi connectivity index (χ0v) is 12.9. The average Bonchev–Trinajstić information content (AvgIpc) is 2.54. The van der Waals surface area contributed by atoms with Gasteiger partial charge < -0.3 is 15.2 Å². The van der Waals surface area contributed by atoms with Crippen LogP contribution in [0.15, 0.2) is 41.1 Å². The Balaban J connectivity index is 2.03. The van der Waals surface area contributed by atoms with Gasteiger partial charge in [0.05, 0.1) is 13.2 Å². The van der Waals surface area contributed by atoms with Gasteiger partial charge in [0, 0.05) is 6.54 Å². The Morgan fingerprint density at radius 1 is 1.32 bits per heavy atom. The van der Waals surface area contributed by atoms with Gasteiger partial charge in [-0.15, -0.1) is 0 Å². The highest BCUT2D eigenvalue weighted by Gasteiger charge is 2.30. The molecule has 2 rings (SSSR count). The van der Waals surface area contributed by atoms with Gasteiger partial charge >= 0.3 is 10.0 Å². The maximum absolute atomic E-state index is 13.1. The first-order valence-corrected chi connectivity index (χ1v) is 8.47. The lowest BCUT2D eigenvalue weighted by molar-refractivity contribution is -0.779. The van der Waals surface area contributed by atoms with Gasteiger partial charge in [-0.2, -0.15) is 8.42 Å². The van der Waals surface area contributed by atoms with Crippen LogP contribution in [0.1, 0.15) is 0 Å². The molecule has 1 saturated heterocycles. The first-order valence-electron chi connectivity index (χ1n) is 6.99. The highest BCUT2D eigenvalue weighted by Crippen LogP contribution is 2.15. The SMILES string of the molecule is NCC=C(F)COc1ccc(S(=O)(=O)[NH+]2CCOCC2)cc1. The Bertz CT molecular complexity index is 610. The predicted octanol–water partition coefficient (Wildman–Crippen LogP) is -0.519. The van der Waals surface area contributed by atoms with E-state index in [1.54, 1.807) is 0 Å². The molecule has 1 aliphatic heterocycles. The van der Waals surface area contributed by atoms with Gasteiger partial charge in [-0.1, -0.05) is 0 Å². The van der Waals surface area contributed by atoms with Crippen molar-refractivity contribution >= 4 is 10.0 Å². The molecule has 0 unspecified atom stereocenters. The van der Waals surface area contributed by atoms with Crippen molar-refractivity contribution in [2.45, 2.75) is 4.90 Å². The monoisotopic (exact) mass is 331 g/mol. The highest BCUT2D eigenvalue weighted by atomic mass is 32.2. The maximum Gasteiger partial charge on any atom is 0.325 e. The number of hydrogen-bond acceptors (Lipinski definition) is 5. The van der Waals surface area contributed by atoms with Gasteiger partial charge in [-0.05, 0) is 30.3 Å². The van der Waals surface area contributed by atoms with Crippen LogP contribution in [0.2, 0.25) is 0 Å². The number of hydrogen-bond donors (Lipinski definition) is 2. The number of rotatable bonds is 6. The molecule has 0 saturated carbocycles. The summed E-state index contributed by atoms with van der Waals surface area (Å²) in [5.74, 6) is -0.0616. The number of sulfonamides is 1. The summed E-state index contributed by atoms with van der Waals surface area (Å²) in [7, 11) is -3.44. The van der Waals surface area contributed by atoms with Gasteiger partial charge in [0.2, 0.25) is 0 Å². The van der Waals surface area contributed by atoms with Gasteiger partial charge in [0.25, 0.3) is 0 Å². The molecule has 8 heteroatoms. The minimum Gasteiger partial charge on any atom is -0.487 e. The lowest BCUT2D eigenvalue weighted by atomic mass is 10.3. The number of ether oxygens (including phenoxy) is 2. The Morgan fingerprint density at radius 2 is 1.95 bits per heavy atom. The van der Waals surface area contributed by atoms with Crippen LogP contribution in [0.25, 0.3) is 0 Å². The van der Waals surface area contributed by atoms with Gasteiger partial charge in [0.15, 0.2) is 0 Å². The first kappa shape index (κ1) is 16.9. The molecular formula is C14H20FN2O4S+. The van der Waals surface area contributed by atoms with Crippen LogP contribution in [-0.4, -0.2) is 47.9 Å². The lowest BCUT2D eigenvalue weighted by Crippen LogP contribution is -3.15. The molecule has 0 atom stereocenters. The number of nitrogens with two attached hydrogens (primary N) is 1. The van der Waals surface area contributed by atoms with Crippen LogP contribution in [-0.2, 0) is 14.8 Å². The van der Waals surface area contributed by atoms with Crippen LogP contribution in [0, 0.1) is 0 Å². The molecule has 0 aliphatic carbocycles. The Kier molecular flexibility index (Phi) is 5.90. The molecule has 0 spiro atoms. The largest absolute Gasteiger partial charge is 0.487 e. The predicted molar refractivity (Wildman–Crippen MR) is 78.9 cm³/mol. The maximum atomic E-state index is 13.1. The third-order valence-corrected chi connectivity index (χ3v) is 5.34. The number of nitrogens with one attached hydrogen (secondary N) is 1. The molecule has 1 fully saturated rings. The molecule has 0 amide bonds. The fourth-order valence-electron chi connectivity index (χ4n) is 2.09. The third kappa shape index (κ3) is 4.26. The van der Waals surface area contributed by atoms with E-state index < -0.39 is 15.9 Å². The van der Waals surface area contributed by atoms with Crippen molar-refractivity contribution in [1.82, 2.24) is 0 Å². The van der Waals surface area contributed by atoms with Crippen molar-refractivity contribution in [1.29, 1.82) is 0 Å². The van der Waals surface area contributed by atoms with Crippen LogP contribution in [0.4, 0.5) is 4.39 Å². The number of quaternary nitrogens is 1. The summed E-state index contributed by atoms with van der Waals surface area (Å²) < 4.78 is 48.9. The molecule has 1 aromatic carbocycles. The van der Waals surface area contributed by atoms with Crippen molar-refractivity contribution in [3.63, 3.8) is 0 Å². The summed E-state index contributed by atoms with van der Waals surface area (Å²) in [4.78, 5) is 0.217. The van der Waals surface area contributed by atoms with Gasteiger partial charge in [0.1, 0.15) is 36.2 Å². The quantitative estimate of drug-likeness (QED) is 0.733. The van der Waals surface area contributed by atoms with Gasteiger partial charge in [-0.3, -0.25) is 0 Å². The van der Waals surface area contributed by atoms with Crippen LogP contribution >= 0.6 is 0 Å². The lowest BCUT2D eigenvalue weighted by Gasteiger charge is -2.22. The topological polar surface area (TPSA) is 83.1 Å². The van der Waals surface area contributed by atoms with Crippen LogP contribution in [0.3, 0.4) is 0 Å². The molecule has 3 N–H and O–H groups in total. The Hall–Kier alpha value is -1.48. The zero-order chi connectivity index (χ0) is 16.0. The molecule has 0 radical (unpaired) electrons. The molecule has 1 aliphatic rings. The highest BCUT2D eigenvalue weighted by molar-refractivity contribution is 7.85. The van der Waals surface area contributed by atoms with Crippen LogP contribution in [0.5, 0.6) is 5.75 Å². The van der Waals surface area contributed by atoms with E-state index in [9.17, 15) is 12.8 Å². The molecule has 0 aromatic heterocycles. The van der Waals surface area contributed by atoms with Crippen molar-refractivity contribution in [2.75, 3.05) is 39.5 Å². The molecule has 6 nitrogen and oxygen atoms in total. The number of morpholine rings is 1. The molecule has 1 aromatic rings. The van der Waals surface area contributed by atoms with Crippen molar-refractivity contribution < 1.29 is 26.6 Å². The first-order chi connectivity index (χ1) is 10.5. The second-order valence-electron chi connectivity index (χ2n) is 4.80. The van der Waals surface area contributed by atoms with Crippen LogP contribution < -0.4 is 14.8 Å². The van der Waals surface area contributed by atoms with E-state index in [0.717, 1.165) is 0 Å². The fourth-order valence-corrected chi connectivity index (χ4v) is 3.62. The minimum absolute atomic E-state index is 0.106. The van der Waals surface area contributed by atoms with E-state index in [-0.39, 0.29) is 18.0 Å². The smallest absolute Gasteiger partial charge is 0.325 e. The summed E-state index contributed by atoms with van der Waals surface area (Å²) in [5, 5.41) is 0. The third-order valence-electron chi connectivity index (χ3n) is 3.28. The van der Waals surface area contributed by atoms with E-state index in [2.05, 4.69) is 0 Å². The Labute approximate surface area is 129 Å². The summed E-state index contributed by atoms with van der Waals surface area (Å²) >= 11 is 0. The van der Waals surface area contributed by atoms with Crippen molar-refractivity contribution in [2.24, 2.45) is 5.73 Å². The van der Waals surface area contributed by atoms with Crippen molar-refractivity contribution in [3.8, 4) is 5.75 Å². The standard InChI is InChI=1S/C14H19FN2O4S/c15-12(5-6-16)11-21-13-1-3-14(4-2-13)22(18,19)17-7-9-20-10-8-17/h1-5H,6-11,16H2/p+1. The fraction of sp³-hybridized carbons (Fsp3) is 0.429. The van der Waals surface area contributed by atoms with E-state index >= 15 is 0 Å². The minimum atomic E-state index is -3.44. The summed E-state index contributed by atoms with van der Waals surface area (Å²) in [6.07, 6.45) is 1.22. The molecule has 122 valence electrons. The molecule has 0 bridgehead atoms. The summed E-state index contributed by atoms with van der Waals surface area (Å²) in [6, 6.07) is 5.97. The molecule has 1 heterocycles. The Morgan fingerprint density at radius 3 is 2.55 bits per heavy atom. The summed E-state index contributed by atoms with van der Waals surface area (Å²) in [6.45, 7) is 1.60. The normalized spacial score (nSPS) is 17.5. The van der Waals surface area contributed by atoms with E-state index in [4.69, 9.17) is 15.2 Å². The van der Waals surface area contributed by atoms with E-state index in [1.807, 2.05) is 0 Å². The number of benzene rings is 1. The molecule has 22 heavy (non-hydrogen) atoms. The number of halogens is 1. The zero-order valence-electron chi connectivity index (χ0n) is 12.1. The van der Waals surface area contributed by atoms with E-state index in [0.29, 0.717) is 36.4 Å². The van der Waals surface area contributed by atoms with Crippen molar-refractivity contribution in [3.05, 3.63) is 36.2 Å². The van der Waals surface area contributed by atoms with Gasteiger partial charge in [-0.25, -0.2) is 8.70 Å².